The second kappa shape index (κ2) is 24.4. The molecule has 6 aromatic rings. The molecule has 2 heterocycles. The predicted molar refractivity (Wildman–Crippen MR) is 268 cm³/mol. The van der Waals surface area contributed by atoms with Gasteiger partial charge in [0.25, 0.3) is 0 Å². The monoisotopic (exact) mass is 819 g/mol. The second-order valence-corrected chi connectivity index (χ2v) is 19.7. The highest BCUT2D eigenvalue weighted by molar-refractivity contribution is 7.24. The Balaban J connectivity index is 1.24. The molecule has 4 heteroatoms. The number of hydrogen-bond donors (Lipinski definition) is 0. The number of benzene rings is 4. The molecular weight excluding hydrogens is 741 g/mol. The lowest BCUT2D eigenvalue weighted by molar-refractivity contribution is 0.576. The van der Waals surface area contributed by atoms with Crippen molar-refractivity contribution in [2.24, 2.45) is 0 Å². The van der Waals surface area contributed by atoms with Gasteiger partial charge in [0, 0.05) is 46.4 Å². The largest absolute Gasteiger partial charge is 0.363 e. The highest BCUT2D eigenvalue weighted by Crippen LogP contribution is 2.43. The molecule has 0 amide bonds. The van der Waals surface area contributed by atoms with Crippen LogP contribution in [-0.2, 0) is 0 Å². The summed E-state index contributed by atoms with van der Waals surface area (Å²) in [6, 6.07) is 24.4. The summed E-state index contributed by atoms with van der Waals surface area (Å²) in [6.45, 7) is 14.0. The quantitative estimate of drug-likeness (QED) is 0.0330. The first-order valence-corrected chi connectivity index (χ1v) is 26.0. The van der Waals surface area contributed by atoms with E-state index < -0.39 is 0 Å². The molecule has 0 aliphatic heterocycles. The Labute approximate surface area is 361 Å². The predicted octanol–water partition coefficient (Wildman–Crippen LogP) is 18.6. The third-order valence-electron chi connectivity index (χ3n) is 12.9. The molecule has 0 aliphatic carbocycles. The van der Waals surface area contributed by atoms with Gasteiger partial charge < -0.3 is 9.80 Å². The van der Waals surface area contributed by atoms with Gasteiger partial charge in [0.05, 0.1) is 10.0 Å². The van der Waals surface area contributed by atoms with Crippen molar-refractivity contribution in [3.8, 4) is 0 Å². The van der Waals surface area contributed by atoms with Gasteiger partial charge in [-0.15, -0.1) is 22.7 Å². The van der Waals surface area contributed by atoms with Gasteiger partial charge >= 0.3 is 0 Å². The van der Waals surface area contributed by atoms with Crippen LogP contribution in [0.3, 0.4) is 0 Å². The minimum absolute atomic E-state index is 1.19. The molecule has 316 valence electrons. The summed E-state index contributed by atoms with van der Waals surface area (Å²) >= 11 is 4.08. The van der Waals surface area contributed by atoms with E-state index in [1.165, 1.54) is 243 Å². The highest BCUT2D eigenvalue weighted by Gasteiger charge is 2.17. The Bertz CT molecular complexity index is 1910. The molecule has 0 saturated heterocycles. The Kier molecular flexibility index (Phi) is 18.8. The van der Waals surface area contributed by atoms with Gasteiger partial charge in [0.1, 0.15) is 0 Å². The SMILES string of the molecule is CCCCCCCCN(CCCCCCCC)c1cc2ccc3c4ccc5c(ccc6cc(N(CCCCCCCC)CCCCCCCC)sc65)c4ccc3c2s1. The zero-order chi connectivity index (χ0) is 40.4. The lowest BCUT2D eigenvalue weighted by Crippen LogP contribution is -2.24. The van der Waals surface area contributed by atoms with Crippen LogP contribution in [0.5, 0.6) is 0 Å². The summed E-state index contributed by atoms with van der Waals surface area (Å²) in [6.07, 6.45) is 32.6. The van der Waals surface area contributed by atoms with Gasteiger partial charge in [-0.25, -0.2) is 0 Å². The lowest BCUT2D eigenvalue weighted by Gasteiger charge is -2.23. The zero-order valence-electron chi connectivity index (χ0n) is 37.3. The molecule has 0 radical (unpaired) electrons. The summed E-state index contributed by atoms with van der Waals surface area (Å²) in [4.78, 5) is 5.49. The second-order valence-electron chi connectivity index (χ2n) is 17.6. The molecule has 58 heavy (non-hydrogen) atoms. The molecule has 6 rings (SSSR count). The highest BCUT2D eigenvalue weighted by atomic mass is 32.1. The van der Waals surface area contributed by atoms with Crippen LogP contribution in [0.1, 0.15) is 182 Å². The summed E-state index contributed by atoms with van der Waals surface area (Å²) in [5.41, 5.74) is 0. The van der Waals surface area contributed by atoms with Gasteiger partial charge in [0.2, 0.25) is 0 Å². The summed E-state index contributed by atoms with van der Waals surface area (Å²) in [5.74, 6) is 0. The normalized spacial score (nSPS) is 12.0. The Morgan fingerprint density at radius 2 is 0.569 bits per heavy atom. The van der Waals surface area contributed by atoms with E-state index in [1.807, 2.05) is 22.7 Å². The van der Waals surface area contributed by atoms with Crippen LogP contribution in [0.4, 0.5) is 10.0 Å². The van der Waals surface area contributed by atoms with Crippen molar-refractivity contribution in [3.05, 3.63) is 60.7 Å². The average Bonchev–Trinajstić information content (AvgIpc) is 3.89. The minimum atomic E-state index is 1.19. The summed E-state index contributed by atoms with van der Waals surface area (Å²) in [7, 11) is 0. The number of thiophene rings is 2. The van der Waals surface area contributed by atoms with Crippen molar-refractivity contribution >= 4 is 85.2 Å². The van der Waals surface area contributed by atoms with E-state index in [1.54, 1.807) is 0 Å². The minimum Gasteiger partial charge on any atom is -0.363 e. The fraction of sp³-hybridized carbons (Fsp3) is 0.593. The van der Waals surface area contributed by atoms with Crippen LogP contribution < -0.4 is 9.80 Å². The molecule has 0 atom stereocenters. The van der Waals surface area contributed by atoms with Crippen LogP contribution in [-0.4, -0.2) is 26.2 Å². The molecule has 0 unspecified atom stereocenters. The Morgan fingerprint density at radius 3 is 0.897 bits per heavy atom. The standard InChI is InChI=1S/C54H78N2S2/c1-5-9-13-17-21-25-37-55(38-26-22-18-14-10-6-2)51-41-43-29-31-47-45-34-36-50-48(46(45)33-35-49(47)53(43)57-51)32-30-44-42-52(58-54(44)50)56(39-27-23-19-15-11-7-3)40-28-24-20-16-12-8-4/h29-36,41-42H,5-28,37-40H2,1-4H3. The first-order chi connectivity index (χ1) is 28.7. The van der Waals surface area contributed by atoms with Gasteiger partial charge in [-0.3, -0.25) is 0 Å². The fourth-order valence-corrected chi connectivity index (χ4v) is 11.8. The van der Waals surface area contributed by atoms with Crippen molar-refractivity contribution in [1.29, 1.82) is 0 Å². The molecule has 0 bridgehead atoms. The van der Waals surface area contributed by atoms with E-state index in [0.29, 0.717) is 0 Å². The summed E-state index contributed by atoms with van der Waals surface area (Å²) < 4.78 is 2.92. The molecule has 0 fully saturated rings. The van der Waals surface area contributed by atoms with Crippen LogP contribution in [0.2, 0.25) is 0 Å². The molecule has 4 aromatic carbocycles. The maximum Gasteiger partial charge on any atom is 0.0921 e. The molecule has 0 saturated carbocycles. The van der Waals surface area contributed by atoms with Gasteiger partial charge in [0.15, 0.2) is 0 Å². The topological polar surface area (TPSA) is 6.48 Å². The number of unbranched alkanes of at least 4 members (excludes halogenated alkanes) is 20. The average molecular weight is 819 g/mol. The maximum absolute atomic E-state index is 2.74. The molecule has 0 N–H and O–H groups in total. The van der Waals surface area contributed by atoms with E-state index in [2.05, 4.69) is 98.2 Å². The number of hydrogen-bond acceptors (Lipinski definition) is 4. The first kappa shape index (κ1) is 44.7. The van der Waals surface area contributed by atoms with Crippen molar-refractivity contribution in [1.82, 2.24) is 0 Å². The van der Waals surface area contributed by atoms with E-state index in [9.17, 15) is 0 Å². The lowest BCUT2D eigenvalue weighted by atomic mass is 9.96. The Hall–Kier alpha value is -2.82. The fourth-order valence-electron chi connectivity index (χ4n) is 9.31. The van der Waals surface area contributed by atoms with E-state index in [4.69, 9.17) is 0 Å². The molecule has 0 aliphatic rings. The van der Waals surface area contributed by atoms with Crippen molar-refractivity contribution in [2.45, 2.75) is 182 Å². The third kappa shape index (κ3) is 12.1. The third-order valence-corrected chi connectivity index (χ3v) is 15.4. The first-order valence-electron chi connectivity index (χ1n) is 24.4. The van der Waals surface area contributed by atoms with Crippen LogP contribution in [0, 0.1) is 0 Å². The molecule has 2 aromatic heterocycles. The van der Waals surface area contributed by atoms with Crippen molar-refractivity contribution in [3.63, 3.8) is 0 Å². The van der Waals surface area contributed by atoms with E-state index in [0.717, 1.165) is 0 Å². The number of rotatable bonds is 30. The van der Waals surface area contributed by atoms with Gasteiger partial charge in [-0.1, -0.05) is 205 Å². The van der Waals surface area contributed by atoms with Gasteiger partial charge in [-0.05, 0) is 70.1 Å². The molecular formula is C54H78N2S2. The van der Waals surface area contributed by atoms with Crippen molar-refractivity contribution in [2.75, 3.05) is 36.0 Å². The number of anilines is 2. The van der Waals surface area contributed by atoms with Crippen LogP contribution >= 0.6 is 22.7 Å². The molecule has 0 spiro atoms. The smallest absolute Gasteiger partial charge is 0.0921 e. The van der Waals surface area contributed by atoms with Crippen LogP contribution in [0.25, 0.3) is 52.5 Å². The van der Waals surface area contributed by atoms with Gasteiger partial charge in [-0.2, -0.15) is 0 Å². The van der Waals surface area contributed by atoms with Crippen LogP contribution in [0.15, 0.2) is 60.7 Å². The summed E-state index contributed by atoms with van der Waals surface area (Å²) in [5, 5.41) is 14.2. The number of nitrogens with zero attached hydrogens (tertiary/aromatic N) is 2. The molecule has 2 nitrogen and oxygen atoms in total. The van der Waals surface area contributed by atoms with E-state index in [-0.39, 0.29) is 0 Å². The van der Waals surface area contributed by atoms with Crippen molar-refractivity contribution < 1.29 is 0 Å². The number of fused-ring (bicyclic) bond motifs is 9. The Morgan fingerprint density at radius 1 is 0.310 bits per heavy atom. The maximum atomic E-state index is 2.74. The van der Waals surface area contributed by atoms with E-state index >= 15 is 0 Å². The zero-order valence-corrected chi connectivity index (χ0v) is 38.9.